The lowest BCUT2D eigenvalue weighted by atomic mass is 9.92. The highest BCUT2D eigenvalue weighted by molar-refractivity contribution is 6.16. The van der Waals surface area contributed by atoms with E-state index in [2.05, 4.69) is 0 Å². The summed E-state index contributed by atoms with van der Waals surface area (Å²) >= 11 is 0. The minimum Gasteiger partial charge on any atom is -0.503 e. The quantitative estimate of drug-likeness (QED) is 0.614. The number of hydrogen-bond acceptors (Lipinski definition) is 5. The van der Waals surface area contributed by atoms with Crippen LogP contribution < -0.4 is 14.4 Å². The fraction of sp³-hybridized carbons (Fsp3) is 0.360. The number of aliphatic hydroxyl groups is 1. The van der Waals surface area contributed by atoms with Gasteiger partial charge in [0.25, 0.3) is 5.91 Å². The summed E-state index contributed by atoms with van der Waals surface area (Å²) in [5.74, 6) is 0.0757. The van der Waals surface area contributed by atoms with Gasteiger partial charge in [0.15, 0.2) is 11.5 Å². The molecule has 0 saturated carbocycles. The zero-order valence-electron chi connectivity index (χ0n) is 18.4. The highest BCUT2D eigenvalue weighted by atomic mass is 16.5. The largest absolute Gasteiger partial charge is 0.503 e. The fourth-order valence-corrected chi connectivity index (χ4v) is 3.69. The van der Waals surface area contributed by atoms with Gasteiger partial charge in [-0.25, -0.2) is 0 Å². The summed E-state index contributed by atoms with van der Waals surface area (Å²) in [5.41, 5.74) is 1.39. The Bertz CT molecular complexity index is 978. The van der Waals surface area contributed by atoms with Gasteiger partial charge in [0.1, 0.15) is 11.5 Å². The molecule has 31 heavy (non-hydrogen) atoms. The van der Waals surface area contributed by atoms with Gasteiger partial charge in [-0.3, -0.25) is 14.5 Å². The first-order valence-electron chi connectivity index (χ1n) is 10.5. The van der Waals surface area contributed by atoms with Crippen molar-refractivity contribution >= 4 is 17.4 Å². The molecule has 0 radical (unpaired) electrons. The van der Waals surface area contributed by atoms with Gasteiger partial charge in [0, 0.05) is 12.1 Å². The maximum absolute atomic E-state index is 13.1. The third-order valence-electron chi connectivity index (χ3n) is 5.10. The molecule has 0 aliphatic carbocycles. The fourth-order valence-electron chi connectivity index (χ4n) is 3.69. The van der Waals surface area contributed by atoms with Gasteiger partial charge in [-0.05, 0) is 54.3 Å². The number of Topliss-reactive ketones (excluding diaryl/α,β-unsaturated/α-hetero) is 1. The molecule has 2 aromatic rings. The molecular weight excluding hydrogens is 394 g/mol. The van der Waals surface area contributed by atoms with Gasteiger partial charge in [0.05, 0.1) is 25.3 Å². The van der Waals surface area contributed by atoms with Crippen LogP contribution in [-0.2, 0) is 9.59 Å². The van der Waals surface area contributed by atoms with Crippen LogP contribution in [0.5, 0.6) is 11.5 Å². The van der Waals surface area contributed by atoms with Crippen molar-refractivity contribution in [3.8, 4) is 11.5 Å². The Morgan fingerprint density at radius 3 is 2.45 bits per heavy atom. The van der Waals surface area contributed by atoms with E-state index < -0.39 is 17.7 Å². The zero-order valence-corrected chi connectivity index (χ0v) is 18.4. The predicted octanol–water partition coefficient (Wildman–Crippen LogP) is 5.00. The van der Waals surface area contributed by atoms with Crippen molar-refractivity contribution in [2.75, 3.05) is 18.6 Å². The molecule has 1 N–H and O–H groups in total. The summed E-state index contributed by atoms with van der Waals surface area (Å²) in [5, 5.41) is 10.7. The monoisotopic (exact) mass is 423 g/mol. The SMILES string of the molecule is CCCOc1cccc(C2C(C(=O)CC(C)C)=C(O)C(=O)N2c2ccc(OC)cc2)c1. The van der Waals surface area contributed by atoms with Gasteiger partial charge < -0.3 is 14.6 Å². The first kappa shape index (κ1) is 22.4. The van der Waals surface area contributed by atoms with Crippen LogP contribution in [0.1, 0.15) is 45.2 Å². The second-order valence-corrected chi connectivity index (χ2v) is 7.98. The molecular formula is C25H29NO5. The van der Waals surface area contributed by atoms with E-state index >= 15 is 0 Å². The molecule has 1 unspecified atom stereocenters. The minimum atomic E-state index is -0.739. The number of aliphatic hydroxyl groups excluding tert-OH is 1. The molecule has 164 valence electrons. The molecule has 0 spiro atoms. The first-order chi connectivity index (χ1) is 14.9. The number of ether oxygens (including phenoxy) is 2. The van der Waals surface area contributed by atoms with E-state index in [0.29, 0.717) is 29.4 Å². The Labute approximate surface area is 183 Å². The van der Waals surface area contributed by atoms with E-state index in [9.17, 15) is 14.7 Å². The second-order valence-electron chi connectivity index (χ2n) is 7.98. The normalized spacial score (nSPS) is 16.2. The van der Waals surface area contributed by atoms with Crippen LogP contribution in [0.25, 0.3) is 0 Å². The molecule has 1 aliphatic heterocycles. The molecule has 0 saturated heterocycles. The molecule has 1 atom stereocenters. The lowest BCUT2D eigenvalue weighted by Crippen LogP contribution is -2.31. The minimum absolute atomic E-state index is 0.0952. The topological polar surface area (TPSA) is 76.1 Å². The standard InChI is InChI=1S/C25H29NO5/c1-5-13-31-20-8-6-7-17(15-20)23-22(21(27)14-16(2)3)24(28)25(29)26(23)18-9-11-19(30-4)12-10-18/h6-12,15-16,23,28H,5,13-14H2,1-4H3. The Morgan fingerprint density at radius 2 is 1.84 bits per heavy atom. The number of carbonyl (C=O) groups is 2. The van der Waals surface area contributed by atoms with Crippen molar-refractivity contribution in [1.82, 2.24) is 0 Å². The number of benzene rings is 2. The Morgan fingerprint density at radius 1 is 1.13 bits per heavy atom. The van der Waals surface area contributed by atoms with Crippen LogP contribution in [0.3, 0.4) is 0 Å². The number of nitrogens with zero attached hydrogens (tertiary/aromatic N) is 1. The molecule has 1 heterocycles. The van der Waals surface area contributed by atoms with Crippen LogP contribution in [-0.4, -0.2) is 30.5 Å². The smallest absolute Gasteiger partial charge is 0.294 e. The highest BCUT2D eigenvalue weighted by Crippen LogP contribution is 2.42. The number of amides is 1. The summed E-state index contributed by atoms with van der Waals surface area (Å²) in [7, 11) is 1.57. The van der Waals surface area contributed by atoms with Crippen molar-refractivity contribution in [1.29, 1.82) is 0 Å². The number of anilines is 1. The van der Waals surface area contributed by atoms with Crippen molar-refractivity contribution in [2.24, 2.45) is 5.92 Å². The first-order valence-corrected chi connectivity index (χ1v) is 10.5. The summed E-state index contributed by atoms with van der Waals surface area (Å²) < 4.78 is 11.0. The molecule has 6 heteroatoms. The Balaban J connectivity index is 2.10. The van der Waals surface area contributed by atoms with E-state index in [4.69, 9.17) is 9.47 Å². The van der Waals surface area contributed by atoms with Gasteiger partial charge in [-0.15, -0.1) is 0 Å². The average molecular weight is 424 g/mol. The van der Waals surface area contributed by atoms with Gasteiger partial charge >= 0.3 is 0 Å². The number of carbonyl (C=O) groups excluding carboxylic acids is 2. The molecule has 6 nitrogen and oxygen atoms in total. The lowest BCUT2D eigenvalue weighted by Gasteiger charge is -2.27. The molecule has 1 amide bonds. The van der Waals surface area contributed by atoms with E-state index in [1.165, 1.54) is 4.90 Å². The average Bonchev–Trinajstić information content (AvgIpc) is 3.03. The second kappa shape index (κ2) is 9.69. The lowest BCUT2D eigenvalue weighted by molar-refractivity contribution is -0.118. The van der Waals surface area contributed by atoms with Gasteiger partial charge in [-0.1, -0.05) is 32.9 Å². The van der Waals surface area contributed by atoms with Crippen molar-refractivity contribution in [3.05, 3.63) is 65.4 Å². The Hall–Kier alpha value is -3.28. The van der Waals surface area contributed by atoms with Crippen LogP contribution in [0, 0.1) is 5.92 Å². The van der Waals surface area contributed by atoms with Crippen LogP contribution >= 0.6 is 0 Å². The molecule has 1 aliphatic rings. The summed E-state index contributed by atoms with van der Waals surface area (Å²) in [6, 6.07) is 13.6. The third-order valence-corrected chi connectivity index (χ3v) is 5.10. The van der Waals surface area contributed by atoms with Crippen molar-refractivity contribution < 1.29 is 24.2 Å². The van der Waals surface area contributed by atoms with E-state index in [-0.39, 0.29) is 23.7 Å². The number of methoxy groups -OCH3 is 1. The third kappa shape index (κ3) is 4.74. The van der Waals surface area contributed by atoms with Crippen LogP contribution in [0.15, 0.2) is 59.9 Å². The molecule has 3 rings (SSSR count). The summed E-state index contributed by atoms with van der Waals surface area (Å²) in [4.78, 5) is 27.6. The van der Waals surface area contributed by atoms with Crippen molar-refractivity contribution in [3.63, 3.8) is 0 Å². The number of ketones is 1. The maximum Gasteiger partial charge on any atom is 0.294 e. The van der Waals surface area contributed by atoms with Gasteiger partial charge in [0.2, 0.25) is 0 Å². The van der Waals surface area contributed by atoms with E-state index in [1.54, 1.807) is 31.4 Å². The van der Waals surface area contributed by atoms with Crippen LogP contribution in [0.2, 0.25) is 0 Å². The zero-order chi connectivity index (χ0) is 22.5. The van der Waals surface area contributed by atoms with Gasteiger partial charge in [-0.2, -0.15) is 0 Å². The summed E-state index contributed by atoms with van der Waals surface area (Å²) in [6.45, 7) is 6.45. The number of hydrogen-bond donors (Lipinski definition) is 1. The predicted molar refractivity (Wildman–Crippen MR) is 120 cm³/mol. The van der Waals surface area contributed by atoms with Crippen molar-refractivity contribution in [2.45, 2.75) is 39.7 Å². The van der Waals surface area contributed by atoms with E-state index in [1.807, 2.05) is 45.0 Å². The van der Waals surface area contributed by atoms with Crippen LogP contribution in [0.4, 0.5) is 5.69 Å². The summed E-state index contributed by atoms with van der Waals surface area (Å²) in [6.07, 6.45) is 1.11. The number of rotatable bonds is 9. The molecule has 0 aromatic heterocycles. The highest BCUT2D eigenvalue weighted by Gasteiger charge is 2.44. The molecule has 0 bridgehead atoms. The van der Waals surface area contributed by atoms with E-state index in [0.717, 1.165) is 6.42 Å². The molecule has 0 fully saturated rings. The maximum atomic E-state index is 13.1. The molecule has 2 aromatic carbocycles. The Kier molecular flexibility index (Phi) is 7.00.